The number of anilines is 5. The van der Waals surface area contributed by atoms with Gasteiger partial charge in [-0.2, -0.15) is 23.4 Å². The molecule has 0 amide bonds. The Balaban J connectivity index is 1.63. The van der Waals surface area contributed by atoms with E-state index in [2.05, 4.69) is 37.8 Å². The van der Waals surface area contributed by atoms with Crippen LogP contribution < -0.4 is 16.0 Å². The molecule has 0 bridgehead atoms. The van der Waals surface area contributed by atoms with Gasteiger partial charge < -0.3 is 16.0 Å². The monoisotopic (exact) mass is 498 g/mol. The van der Waals surface area contributed by atoms with Gasteiger partial charge in [-0.05, 0) is 55.7 Å². The minimum absolute atomic E-state index is 0.210. The summed E-state index contributed by atoms with van der Waals surface area (Å²) >= 11 is 6.39. The molecule has 0 fully saturated rings. The van der Waals surface area contributed by atoms with Gasteiger partial charge in [0.2, 0.25) is 17.8 Å². The topological polar surface area (TPSA) is 129 Å². The summed E-state index contributed by atoms with van der Waals surface area (Å²) in [6.07, 6.45) is 4.79. The third-order valence-electron chi connectivity index (χ3n) is 4.98. The number of aromatic nitrogens is 3. The Morgan fingerprint density at radius 2 is 1.38 bits per heavy atom. The average Bonchev–Trinajstić information content (AvgIpc) is 2.77. The number of allylic oxidation sites excluding steroid dienone is 3. The molecule has 1 unspecified atom stereocenters. The van der Waals surface area contributed by atoms with Crippen LogP contribution in [0.5, 0.6) is 0 Å². The molecule has 1 aliphatic carbocycles. The lowest BCUT2D eigenvalue weighted by Gasteiger charge is -2.17. The van der Waals surface area contributed by atoms with Crippen molar-refractivity contribution in [3.63, 3.8) is 0 Å². The molecule has 0 spiro atoms. The Hall–Kier alpha value is -3.47. The van der Waals surface area contributed by atoms with Gasteiger partial charge in [0.15, 0.2) is 0 Å². The van der Waals surface area contributed by atoms with Crippen LogP contribution in [-0.4, -0.2) is 27.9 Å². The first-order valence-electron chi connectivity index (χ1n) is 10.4. The highest BCUT2D eigenvalue weighted by Gasteiger charge is 2.15. The Labute approximate surface area is 202 Å². The third kappa shape index (κ3) is 6.10. The zero-order chi connectivity index (χ0) is 24.3. The van der Waals surface area contributed by atoms with Crippen molar-refractivity contribution in [2.24, 2.45) is 5.92 Å². The van der Waals surface area contributed by atoms with E-state index in [1.807, 2.05) is 43.3 Å². The fourth-order valence-corrected chi connectivity index (χ4v) is 4.01. The first kappa shape index (κ1) is 23.7. The maximum atomic E-state index is 11.3. The normalized spacial score (nSPS) is 15.8. The summed E-state index contributed by atoms with van der Waals surface area (Å²) < 4.78 is 31.7. The van der Waals surface area contributed by atoms with E-state index in [0.29, 0.717) is 28.3 Å². The van der Waals surface area contributed by atoms with Gasteiger partial charge in [-0.25, -0.2) is 0 Å². The molecule has 176 valence electrons. The molecular weight excluding hydrogens is 476 g/mol. The second-order valence-corrected chi connectivity index (χ2v) is 9.72. The number of rotatable bonds is 7. The Bertz CT molecular complexity index is 1360. The highest BCUT2D eigenvalue weighted by atomic mass is 35.5. The first-order chi connectivity index (χ1) is 16.2. The van der Waals surface area contributed by atoms with E-state index in [1.54, 1.807) is 0 Å². The van der Waals surface area contributed by atoms with Crippen molar-refractivity contribution in [3.8, 4) is 0 Å². The Morgan fingerprint density at radius 1 is 0.882 bits per heavy atom. The quantitative estimate of drug-likeness (QED) is 0.317. The zero-order valence-corrected chi connectivity index (χ0v) is 20.0. The van der Waals surface area contributed by atoms with E-state index < -0.39 is 10.1 Å². The van der Waals surface area contributed by atoms with Gasteiger partial charge in [0, 0.05) is 11.4 Å². The van der Waals surface area contributed by atoms with Crippen LogP contribution in [0.25, 0.3) is 0 Å². The van der Waals surface area contributed by atoms with E-state index in [4.69, 9.17) is 11.6 Å². The molecule has 4 N–H and O–H groups in total. The smallest absolute Gasteiger partial charge is 0.294 e. The minimum Gasteiger partial charge on any atom is -0.324 e. The summed E-state index contributed by atoms with van der Waals surface area (Å²) in [6.45, 7) is 4.08. The van der Waals surface area contributed by atoms with Gasteiger partial charge in [0.05, 0.1) is 15.6 Å². The second-order valence-electron chi connectivity index (χ2n) is 7.89. The first-order valence-corrected chi connectivity index (χ1v) is 12.3. The number of halogens is 1. The van der Waals surface area contributed by atoms with Crippen molar-refractivity contribution in [2.75, 3.05) is 16.0 Å². The number of nitrogens with zero attached hydrogens (tertiary/aromatic N) is 3. The van der Waals surface area contributed by atoms with Gasteiger partial charge in [-0.15, -0.1) is 0 Å². The van der Waals surface area contributed by atoms with E-state index in [1.165, 1.54) is 24.3 Å². The van der Waals surface area contributed by atoms with E-state index in [9.17, 15) is 13.0 Å². The van der Waals surface area contributed by atoms with Crippen molar-refractivity contribution in [2.45, 2.75) is 25.2 Å². The maximum absolute atomic E-state index is 11.3. The maximum Gasteiger partial charge on any atom is 0.294 e. The van der Waals surface area contributed by atoms with E-state index in [0.717, 1.165) is 17.7 Å². The zero-order valence-electron chi connectivity index (χ0n) is 18.4. The number of hydrogen-bond donors (Lipinski definition) is 4. The molecule has 1 aromatic heterocycles. The van der Waals surface area contributed by atoms with Crippen molar-refractivity contribution in [1.82, 2.24) is 15.0 Å². The van der Waals surface area contributed by atoms with Gasteiger partial charge in [0.1, 0.15) is 0 Å². The van der Waals surface area contributed by atoms with E-state index >= 15 is 0 Å². The number of aryl methyl sites for hydroxylation is 1. The summed E-state index contributed by atoms with van der Waals surface area (Å²) in [4.78, 5) is 13.1. The Morgan fingerprint density at radius 3 is 1.88 bits per heavy atom. The molecule has 4 rings (SSSR count). The summed E-state index contributed by atoms with van der Waals surface area (Å²) in [6, 6.07) is 13.3. The lowest BCUT2D eigenvalue weighted by atomic mass is 10.0. The number of benzene rings is 2. The largest absolute Gasteiger partial charge is 0.324 e. The molecule has 9 nitrogen and oxygen atoms in total. The fourth-order valence-electron chi connectivity index (χ4n) is 3.19. The van der Waals surface area contributed by atoms with Crippen molar-refractivity contribution in [3.05, 3.63) is 77.0 Å². The van der Waals surface area contributed by atoms with Crippen LogP contribution in [0, 0.1) is 12.8 Å². The van der Waals surface area contributed by atoms with Gasteiger partial charge in [0.25, 0.3) is 10.1 Å². The predicted octanol–water partition coefficient (Wildman–Crippen LogP) is 5.37. The fraction of sp³-hybridized carbons (Fsp3) is 0.174. The lowest BCUT2D eigenvalue weighted by Crippen LogP contribution is -2.12. The molecule has 1 heterocycles. The molecule has 0 radical (unpaired) electrons. The number of hydrogen-bond acceptors (Lipinski definition) is 8. The molecule has 34 heavy (non-hydrogen) atoms. The van der Waals surface area contributed by atoms with Crippen LogP contribution in [-0.2, 0) is 10.1 Å². The SMILES string of the molecule is Cc1ccc(Nc2nc(NC3=CCC(C)C=C3Cl)nc(Nc3ccc(S(=O)(=O)O)cc3)n2)cc1. The predicted molar refractivity (Wildman–Crippen MR) is 133 cm³/mol. The van der Waals surface area contributed by atoms with E-state index in [-0.39, 0.29) is 16.8 Å². The molecule has 0 aliphatic heterocycles. The van der Waals surface area contributed by atoms with Crippen LogP contribution in [0.2, 0.25) is 0 Å². The van der Waals surface area contributed by atoms with Crippen LogP contribution in [0.3, 0.4) is 0 Å². The molecule has 1 aliphatic rings. The molecular formula is C23H23ClN6O3S. The molecule has 0 saturated heterocycles. The second kappa shape index (κ2) is 9.80. The highest BCUT2D eigenvalue weighted by Crippen LogP contribution is 2.27. The van der Waals surface area contributed by atoms with Crippen LogP contribution in [0.15, 0.2) is 76.3 Å². The van der Waals surface area contributed by atoms with Gasteiger partial charge >= 0.3 is 0 Å². The van der Waals surface area contributed by atoms with Crippen LogP contribution in [0.1, 0.15) is 18.9 Å². The summed E-state index contributed by atoms with van der Waals surface area (Å²) in [5, 5.41) is 9.92. The lowest BCUT2D eigenvalue weighted by molar-refractivity contribution is 0.483. The molecule has 0 saturated carbocycles. The van der Waals surface area contributed by atoms with Crippen molar-refractivity contribution in [1.29, 1.82) is 0 Å². The summed E-state index contributed by atoms with van der Waals surface area (Å²) in [7, 11) is -4.28. The van der Waals surface area contributed by atoms with Crippen molar-refractivity contribution < 1.29 is 13.0 Å². The molecule has 1 atom stereocenters. The third-order valence-corrected chi connectivity index (χ3v) is 6.18. The van der Waals surface area contributed by atoms with Crippen LogP contribution >= 0.6 is 11.6 Å². The number of nitrogens with one attached hydrogen (secondary N) is 3. The minimum atomic E-state index is -4.28. The summed E-state index contributed by atoms with van der Waals surface area (Å²) in [5.74, 6) is 1.13. The van der Waals surface area contributed by atoms with Crippen LogP contribution in [0.4, 0.5) is 29.2 Å². The molecule has 2 aromatic carbocycles. The molecule has 11 heteroatoms. The summed E-state index contributed by atoms with van der Waals surface area (Å²) in [5.41, 5.74) is 3.15. The van der Waals surface area contributed by atoms with Gasteiger partial charge in [-0.3, -0.25) is 4.55 Å². The standard InChI is InChI=1S/C23H23ClN6O3S/c1-14-3-6-16(7-4-14)25-21-28-22(26-17-8-10-18(11-9-17)34(31,32)33)30-23(29-21)27-20-12-5-15(2)13-19(20)24/h3-4,6-13,15H,5H2,1-2H3,(H,31,32,33)(H3,25,26,27,28,29,30). The highest BCUT2D eigenvalue weighted by molar-refractivity contribution is 7.85. The van der Waals surface area contributed by atoms with Crippen molar-refractivity contribution >= 4 is 50.9 Å². The van der Waals surface area contributed by atoms with Gasteiger partial charge in [-0.1, -0.05) is 48.4 Å². The molecule has 3 aromatic rings. The average molecular weight is 499 g/mol. The Kier molecular flexibility index (Phi) is 6.82.